The molecule has 2 N–H and O–H groups in total. The monoisotopic (exact) mass is 442 g/mol. The lowest BCUT2D eigenvalue weighted by Gasteiger charge is -2.12. The van der Waals surface area contributed by atoms with Gasteiger partial charge in [0.25, 0.3) is 5.91 Å². The van der Waals surface area contributed by atoms with Crippen LogP contribution in [0.1, 0.15) is 29.8 Å². The highest BCUT2D eigenvalue weighted by molar-refractivity contribution is 6.52. The molecule has 0 spiro atoms. The summed E-state index contributed by atoms with van der Waals surface area (Å²) < 4.78 is 32.1. The molecule has 1 aliphatic rings. The van der Waals surface area contributed by atoms with E-state index in [4.69, 9.17) is 27.9 Å². The van der Waals surface area contributed by atoms with Gasteiger partial charge in [-0.2, -0.15) is 0 Å². The molecule has 1 fully saturated rings. The van der Waals surface area contributed by atoms with E-state index in [0.717, 1.165) is 18.2 Å². The zero-order valence-corrected chi connectivity index (χ0v) is 17.3. The van der Waals surface area contributed by atoms with Gasteiger partial charge in [-0.3, -0.25) is 10.1 Å². The summed E-state index contributed by atoms with van der Waals surface area (Å²) in [7, 11) is 0. The number of carbonyl (C=O) groups is 2. The lowest BCUT2D eigenvalue weighted by atomic mass is 10.2. The fraction of sp³-hybridized carbons (Fsp3) is 0.300. The Morgan fingerprint density at radius 2 is 1.69 bits per heavy atom. The third-order valence-corrected chi connectivity index (χ3v) is 6.23. The van der Waals surface area contributed by atoms with Crippen molar-refractivity contribution in [2.24, 2.45) is 5.41 Å². The first-order chi connectivity index (χ1) is 13.4. The lowest BCUT2D eigenvalue weighted by molar-refractivity contribution is 0.0959. The molecule has 29 heavy (non-hydrogen) atoms. The molecule has 0 radical (unpaired) electrons. The molecule has 3 amide bonds. The summed E-state index contributed by atoms with van der Waals surface area (Å²) in [5.41, 5.74) is -0.185. The van der Waals surface area contributed by atoms with Crippen molar-refractivity contribution in [3.63, 3.8) is 0 Å². The summed E-state index contributed by atoms with van der Waals surface area (Å²) in [6, 6.07) is 6.83. The number of benzene rings is 2. The van der Waals surface area contributed by atoms with Crippen LogP contribution in [0.5, 0.6) is 5.75 Å². The van der Waals surface area contributed by atoms with Gasteiger partial charge in [0.1, 0.15) is 29.1 Å². The minimum Gasteiger partial charge on any atom is -0.486 e. The summed E-state index contributed by atoms with van der Waals surface area (Å²) in [5.74, 6) is -2.77. The van der Waals surface area contributed by atoms with Crippen molar-refractivity contribution in [2.45, 2.75) is 31.2 Å². The standard InChI is InChI=1S/C20H18Cl2F2N2O3/c1-10-9-11(7-8-14(10)29-17-19(2,3)20(17,21)22)25-18(28)26-16(27)15-12(23)5-4-6-13(15)24/h4-9,17H,1-3H3,(H2,25,26,27,28). The first-order valence-corrected chi connectivity index (χ1v) is 9.42. The largest absolute Gasteiger partial charge is 0.486 e. The molecule has 1 unspecified atom stereocenters. The summed E-state index contributed by atoms with van der Waals surface area (Å²) >= 11 is 12.4. The SMILES string of the molecule is Cc1cc(NC(=O)NC(=O)c2c(F)cccc2F)ccc1OC1C(C)(C)C1(Cl)Cl. The van der Waals surface area contributed by atoms with Gasteiger partial charge in [0.15, 0.2) is 4.33 Å². The zero-order valence-electron chi connectivity index (χ0n) is 15.8. The Hall–Kier alpha value is -2.38. The summed E-state index contributed by atoms with van der Waals surface area (Å²) in [4.78, 5) is 24.0. The number of anilines is 1. The number of carbonyl (C=O) groups excluding carboxylic acids is 2. The van der Waals surface area contributed by atoms with Crippen LogP contribution in [0.4, 0.5) is 19.3 Å². The van der Waals surface area contributed by atoms with Gasteiger partial charge in [-0.15, -0.1) is 0 Å². The fourth-order valence-electron chi connectivity index (χ4n) is 2.86. The van der Waals surface area contributed by atoms with Gasteiger partial charge >= 0.3 is 6.03 Å². The Bertz CT molecular complexity index is 961. The molecule has 5 nitrogen and oxygen atoms in total. The van der Waals surface area contributed by atoms with E-state index in [0.29, 0.717) is 17.0 Å². The van der Waals surface area contributed by atoms with E-state index in [9.17, 15) is 18.4 Å². The van der Waals surface area contributed by atoms with Crippen LogP contribution in [0.25, 0.3) is 0 Å². The van der Waals surface area contributed by atoms with Crippen LogP contribution >= 0.6 is 23.2 Å². The number of nitrogens with one attached hydrogen (secondary N) is 2. The third-order valence-electron chi connectivity index (χ3n) is 4.86. The normalized spacial score (nSPS) is 18.7. The van der Waals surface area contributed by atoms with E-state index < -0.39 is 38.9 Å². The molecule has 154 valence electrons. The number of imide groups is 1. The Morgan fingerprint density at radius 3 is 2.21 bits per heavy atom. The molecule has 3 rings (SSSR count). The van der Waals surface area contributed by atoms with Crippen LogP contribution in [0, 0.1) is 24.0 Å². The first kappa shape index (κ1) is 21.3. The zero-order chi connectivity index (χ0) is 21.6. The van der Waals surface area contributed by atoms with Crippen LogP contribution in [-0.2, 0) is 0 Å². The van der Waals surface area contributed by atoms with Crippen molar-refractivity contribution >= 4 is 40.8 Å². The number of aryl methyl sites for hydroxylation is 1. The number of ether oxygens (including phenoxy) is 1. The van der Waals surface area contributed by atoms with Crippen LogP contribution in [0.3, 0.4) is 0 Å². The number of hydrogen-bond acceptors (Lipinski definition) is 3. The van der Waals surface area contributed by atoms with Crippen molar-refractivity contribution in [2.75, 3.05) is 5.32 Å². The number of urea groups is 1. The molecule has 0 saturated heterocycles. The molecule has 1 atom stereocenters. The first-order valence-electron chi connectivity index (χ1n) is 8.66. The smallest absolute Gasteiger partial charge is 0.326 e. The van der Waals surface area contributed by atoms with Gasteiger partial charge in [0.2, 0.25) is 0 Å². The van der Waals surface area contributed by atoms with E-state index >= 15 is 0 Å². The van der Waals surface area contributed by atoms with Gasteiger partial charge in [-0.25, -0.2) is 13.6 Å². The molecule has 0 heterocycles. The lowest BCUT2D eigenvalue weighted by Crippen LogP contribution is -2.35. The molecule has 1 aliphatic carbocycles. The van der Waals surface area contributed by atoms with Crippen molar-refractivity contribution in [3.05, 3.63) is 59.2 Å². The van der Waals surface area contributed by atoms with Crippen LogP contribution in [0.15, 0.2) is 36.4 Å². The number of halogens is 4. The van der Waals surface area contributed by atoms with Crippen molar-refractivity contribution in [1.82, 2.24) is 5.32 Å². The van der Waals surface area contributed by atoms with Crippen molar-refractivity contribution in [1.29, 1.82) is 0 Å². The topological polar surface area (TPSA) is 67.4 Å². The fourth-order valence-corrected chi connectivity index (χ4v) is 3.59. The maximum atomic E-state index is 13.6. The second-order valence-electron chi connectivity index (χ2n) is 7.33. The number of hydrogen-bond donors (Lipinski definition) is 2. The molecule has 0 bridgehead atoms. The molecule has 0 aliphatic heterocycles. The molecule has 1 saturated carbocycles. The van der Waals surface area contributed by atoms with E-state index in [2.05, 4.69) is 5.32 Å². The quantitative estimate of drug-likeness (QED) is 0.639. The molecular formula is C20H18Cl2F2N2O3. The third kappa shape index (κ3) is 4.02. The second kappa shape index (κ2) is 7.46. The molecule has 2 aromatic carbocycles. The van der Waals surface area contributed by atoms with E-state index in [-0.39, 0.29) is 6.10 Å². The Labute approximate surface area is 176 Å². The Morgan fingerprint density at radius 1 is 1.10 bits per heavy atom. The number of alkyl halides is 2. The Kier molecular flexibility index (Phi) is 5.49. The average Bonchev–Trinajstić information content (AvgIpc) is 2.98. The van der Waals surface area contributed by atoms with Gasteiger partial charge in [-0.1, -0.05) is 43.1 Å². The number of rotatable bonds is 4. The van der Waals surface area contributed by atoms with E-state index in [1.807, 2.05) is 19.2 Å². The van der Waals surface area contributed by atoms with Crippen LogP contribution < -0.4 is 15.4 Å². The summed E-state index contributed by atoms with van der Waals surface area (Å²) in [6.45, 7) is 5.54. The van der Waals surface area contributed by atoms with Crippen LogP contribution in [-0.4, -0.2) is 22.4 Å². The van der Waals surface area contributed by atoms with E-state index in [1.54, 1.807) is 25.1 Å². The molecular weight excluding hydrogens is 425 g/mol. The summed E-state index contributed by atoms with van der Waals surface area (Å²) in [6.07, 6.45) is -0.382. The van der Waals surface area contributed by atoms with Crippen LogP contribution in [0.2, 0.25) is 0 Å². The maximum absolute atomic E-state index is 13.6. The number of amides is 3. The maximum Gasteiger partial charge on any atom is 0.326 e. The molecule has 2 aromatic rings. The van der Waals surface area contributed by atoms with Crippen molar-refractivity contribution in [3.8, 4) is 5.75 Å². The second-order valence-corrected chi connectivity index (χ2v) is 8.71. The molecule has 9 heteroatoms. The highest BCUT2D eigenvalue weighted by atomic mass is 35.5. The molecule has 0 aromatic heterocycles. The predicted octanol–water partition coefficient (Wildman–Crippen LogP) is 5.20. The van der Waals surface area contributed by atoms with E-state index in [1.165, 1.54) is 0 Å². The highest BCUT2D eigenvalue weighted by Gasteiger charge is 2.73. The van der Waals surface area contributed by atoms with Gasteiger partial charge in [-0.05, 0) is 42.8 Å². The minimum atomic E-state index is -1.19. The van der Waals surface area contributed by atoms with Gasteiger partial charge < -0.3 is 10.1 Å². The Balaban J connectivity index is 1.64. The minimum absolute atomic E-state index is 0.354. The average molecular weight is 443 g/mol. The van der Waals surface area contributed by atoms with Gasteiger partial charge in [0, 0.05) is 11.1 Å². The highest BCUT2D eigenvalue weighted by Crippen LogP contribution is 2.64. The summed E-state index contributed by atoms with van der Waals surface area (Å²) in [5, 5.41) is 4.32. The van der Waals surface area contributed by atoms with Gasteiger partial charge in [0.05, 0.1) is 0 Å². The predicted molar refractivity (Wildman–Crippen MR) is 107 cm³/mol. The van der Waals surface area contributed by atoms with Crippen molar-refractivity contribution < 1.29 is 23.1 Å².